The molecule has 0 radical (unpaired) electrons. The van der Waals surface area contributed by atoms with Crippen LogP contribution in [0.5, 0.6) is 11.5 Å². The average molecular weight is 491 g/mol. The number of rotatable bonds is 10. The van der Waals surface area contributed by atoms with Gasteiger partial charge in [-0.1, -0.05) is 30.3 Å². The molecule has 0 bridgehead atoms. The highest BCUT2D eigenvalue weighted by Gasteiger charge is 2.19. The Morgan fingerprint density at radius 2 is 1.33 bits per heavy atom. The standard InChI is InChI=1S/C28H30N2O6/c1-18-5-6-22(15-19(18)2)28(33)29-16-26(32)36-17-25(31)30-27(20-7-11-23(34-3)12-8-20)21-9-13-24(35-4)14-10-21/h5-15,27H,16-17H2,1-4H3,(H,29,33)(H,30,31). The Bertz CT molecular complexity index is 1160. The second kappa shape index (κ2) is 12.4. The normalized spacial score (nSPS) is 10.5. The number of nitrogens with one attached hydrogen (secondary N) is 2. The van der Waals surface area contributed by atoms with Crippen molar-refractivity contribution in [3.05, 3.63) is 94.5 Å². The van der Waals surface area contributed by atoms with Gasteiger partial charge in [0.2, 0.25) is 0 Å². The summed E-state index contributed by atoms with van der Waals surface area (Å²) in [5.41, 5.74) is 4.14. The van der Waals surface area contributed by atoms with Crippen molar-refractivity contribution >= 4 is 17.8 Å². The van der Waals surface area contributed by atoms with E-state index in [1.165, 1.54) is 0 Å². The van der Waals surface area contributed by atoms with Gasteiger partial charge < -0.3 is 24.8 Å². The van der Waals surface area contributed by atoms with Crippen molar-refractivity contribution in [1.82, 2.24) is 10.6 Å². The lowest BCUT2D eigenvalue weighted by Crippen LogP contribution is -2.35. The molecule has 3 rings (SSSR count). The SMILES string of the molecule is COc1ccc(C(NC(=O)COC(=O)CNC(=O)c2ccc(C)c(C)c2)c2ccc(OC)cc2)cc1. The molecule has 0 fully saturated rings. The van der Waals surface area contributed by atoms with Crippen molar-refractivity contribution in [3.63, 3.8) is 0 Å². The first-order chi connectivity index (χ1) is 17.3. The van der Waals surface area contributed by atoms with Crippen LogP contribution in [-0.2, 0) is 14.3 Å². The molecule has 3 aromatic carbocycles. The third-order valence-corrected chi connectivity index (χ3v) is 5.73. The molecular formula is C28H30N2O6. The average Bonchev–Trinajstić information content (AvgIpc) is 2.90. The third kappa shape index (κ3) is 7.09. The van der Waals surface area contributed by atoms with E-state index in [4.69, 9.17) is 14.2 Å². The lowest BCUT2D eigenvalue weighted by molar-refractivity contribution is -0.147. The van der Waals surface area contributed by atoms with Crippen molar-refractivity contribution in [2.24, 2.45) is 0 Å². The molecule has 0 aliphatic rings. The molecule has 188 valence electrons. The van der Waals surface area contributed by atoms with Crippen molar-refractivity contribution < 1.29 is 28.6 Å². The van der Waals surface area contributed by atoms with Crippen molar-refractivity contribution in [2.45, 2.75) is 19.9 Å². The number of amides is 2. The second-order valence-corrected chi connectivity index (χ2v) is 8.19. The van der Waals surface area contributed by atoms with E-state index in [0.717, 1.165) is 22.3 Å². The number of benzene rings is 3. The smallest absolute Gasteiger partial charge is 0.325 e. The fourth-order valence-electron chi connectivity index (χ4n) is 3.49. The van der Waals surface area contributed by atoms with Gasteiger partial charge in [0, 0.05) is 5.56 Å². The maximum atomic E-state index is 12.7. The Labute approximate surface area is 210 Å². The maximum absolute atomic E-state index is 12.7. The fraction of sp³-hybridized carbons (Fsp3) is 0.250. The number of methoxy groups -OCH3 is 2. The lowest BCUT2D eigenvalue weighted by Gasteiger charge is -2.20. The fourth-order valence-corrected chi connectivity index (χ4v) is 3.49. The number of esters is 1. The van der Waals surface area contributed by atoms with Gasteiger partial charge in [0.05, 0.1) is 20.3 Å². The predicted octanol–water partition coefficient (Wildman–Crippen LogP) is 3.50. The van der Waals surface area contributed by atoms with E-state index in [1.54, 1.807) is 50.6 Å². The first-order valence-corrected chi connectivity index (χ1v) is 11.4. The highest BCUT2D eigenvalue weighted by Crippen LogP contribution is 2.26. The summed E-state index contributed by atoms with van der Waals surface area (Å²) >= 11 is 0. The molecule has 8 heteroatoms. The van der Waals surface area contributed by atoms with Crippen LogP contribution in [0, 0.1) is 13.8 Å². The Hall–Kier alpha value is -4.33. The van der Waals surface area contributed by atoms with Crippen LogP contribution < -0.4 is 20.1 Å². The van der Waals surface area contributed by atoms with Gasteiger partial charge in [0.15, 0.2) is 6.61 Å². The van der Waals surface area contributed by atoms with E-state index in [2.05, 4.69) is 10.6 Å². The molecule has 0 heterocycles. The number of aryl methyl sites for hydroxylation is 2. The highest BCUT2D eigenvalue weighted by molar-refractivity contribution is 5.96. The molecule has 0 saturated carbocycles. The number of carbonyl (C=O) groups excluding carboxylic acids is 3. The van der Waals surface area contributed by atoms with Gasteiger partial charge in [-0.2, -0.15) is 0 Å². The largest absolute Gasteiger partial charge is 0.497 e. The highest BCUT2D eigenvalue weighted by atomic mass is 16.5. The first kappa shape index (κ1) is 26.3. The van der Waals surface area contributed by atoms with E-state index in [-0.39, 0.29) is 6.54 Å². The van der Waals surface area contributed by atoms with Gasteiger partial charge in [-0.15, -0.1) is 0 Å². The second-order valence-electron chi connectivity index (χ2n) is 8.19. The minimum atomic E-state index is -0.715. The maximum Gasteiger partial charge on any atom is 0.325 e. The summed E-state index contributed by atoms with van der Waals surface area (Å²) in [6, 6.07) is 19.4. The summed E-state index contributed by atoms with van der Waals surface area (Å²) in [6.07, 6.45) is 0. The van der Waals surface area contributed by atoms with Gasteiger partial charge in [0.1, 0.15) is 18.0 Å². The summed E-state index contributed by atoms with van der Waals surface area (Å²) in [6.45, 7) is 3.03. The zero-order valence-electron chi connectivity index (χ0n) is 20.8. The van der Waals surface area contributed by atoms with E-state index in [9.17, 15) is 14.4 Å². The molecular weight excluding hydrogens is 460 g/mol. The van der Waals surface area contributed by atoms with Crippen LogP contribution in [0.3, 0.4) is 0 Å². The number of carbonyl (C=O) groups is 3. The van der Waals surface area contributed by atoms with Crippen molar-refractivity contribution in [3.8, 4) is 11.5 Å². The monoisotopic (exact) mass is 490 g/mol. The molecule has 0 atom stereocenters. The molecule has 3 aromatic rings. The topological polar surface area (TPSA) is 103 Å². The van der Waals surface area contributed by atoms with Crippen LogP contribution in [-0.4, -0.2) is 45.2 Å². The Balaban J connectivity index is 1.58. The van der Waals surface area contributed by atoms with Gasteiger partial charge in [-0.3, -0.25) is 14.4 Å². The minimum absolute atomic E-state index is 0.348. The zero-order chi connectivity index (χ0) is 26.1. The Morgan fingerprint density at radius 1 is 0.778 bits per heavy atom. The van der Waals surface area contributed by atoms with E-state index < -0.39 is 30.4 Å². The molecule has 0 aliphatic heterocycles. The molecule has 0 unspecified atom stereocenters. The first-order valence-electron chi connectivity index (χ1n) is 11.4. The molecule has 2 N–H and O–H groups in total. The zero-order valence-corrected chi connectivity index (χ0v) is 20.8. The van der Waals surface area contributed by atoms with E-state index >= 15 is 0 Å². The van der Waals surface area contributed by atoms with Crippen LogP contribution in [0.4, 0.5) is 0 Å². The van der Waals surface area contributed by atoms with Crippen molar-refractivity contribution in [1.29, 1.82) is 0 Å². The number of ether oxygens (including phenoxy) is 3. The molecule has 2 amide bonds. The third-order valence-electron chi connectivity index (χ3n) is 5.73. The summed E-state index contributed by atoms with van der Waals surface area (Å²) < 4.78 is 15.5. The molecule has 0 spiro atoms. The van der Waals surface area contributed by atoms with E-state index in [1.807, 2.05) is 44.2 Å². The summed E-state index contributed by atoms with van der Waals surface area (Å²) in [5.74, 6) is -0.211. The minimum Gasteiger partial charge on any atom is -0.497 e. The van der Waals surface area contributed by atoms with Gasteiger partial charge >= 0.3 is 5.97 Å². The predicted molar refractivity (Wildman–Crippen MR) is 135 cm³/mol. The molecule has 8 nitrogen and oxygen atoms in total. The molecule has 0 aromatic heterocycles. The summed E-state index contributed by atoms with van der Waals surface area (Å²) in [5, 5.41) is 5.41. The molecule has 0 aliphatic carbocycles. The molecule has 0 saturated heterocycles. The van der Waals surface area contributed by atoms with Crippen LogP contribution in [0.15, 0.2) is 66.7 Å². The van der Waals surface area contributed by atoms with Gasteiger partial charge in [-0.05, 0) is 72.5 Å². The van der Waals surface area contributed by atoms with E-state index in [0.29, 0.717) is 17.1 Å². The number of hydrogen-bond donors (Lipinski definition) is 2. The van der Waals surface area contributed by atoms with Crippen LogP contribution in [0.25, 0.3) is 0 Å². The van der Waals surface area contributed by atoms with Crippen LogP contribution in [0.1, 0.15) is 38.7 Å². The van der Waals surface area contributed by atoms with Gasteiger partial charge in [-0.25, -0.2) is 0 Å². The number of hydrogen-bond acceptors (Lipinski definition) is 6. The van der Waals surface area contributed by atoms with Crippen LogP contribution in [0.2, 0.25) is 0 Å². The summed E-state index contributed by atoms with van der Waals surface area (Å²) in [4.78, 5) is 37.1. The Morgan fingerprint density at radius 3 is 1.83 bits per heavy atom. The molecule has 36 heavy (non-hydrogen) atoms. The quantitative estimate of drug-likeness (QED) is 0.422. The Kier molecular flexibility index (Phi) is 9.05. The van der Waals surface area contributed by atoms with Gasteiger partial charge in [0.25, 0.3) is 11.8 Å². The van der Waals surface area contributed by atoms with Crippen LogP contribution >= 0.6 is 0 Å². The van der Waals surface area contributed by atoms with Crippen molar-refractivity contribution in [2.75, 3.05) is 27.4 Å². The lowest BCUT2D eigenvalue weighted by atomic mass is 9.98. The summed E-state index contributed by atoms with van der Waals surface area (Å²) in [7, 11) is 3.16.